The van der Waals surface area contributed by atoms with Gasteiger partial charge in [0.2, 0.25) is 0 Å². The number of hydrogen-bond acceptors (Lipinski definition) is 5. The molecule has 1 saturated heterocycles. The molecule has 28 heavy (non-hydrogen) atoms. The van der Waals surface area contributed by atoms with Gasteiger partial charge in [0.15, 0.2) is 0 Å². The van der Waals surface area contributed by atoms with E-state index in [1.54, 1.807) is 39.9 Å². The predicted octanol–water partition coefficient (Wildman–Crippen LogP) is 2.75. The number of nitrogens with one attached hydrogen (secondary N) is 1. The van der Waals surface area contributed by atoms with Crippen molar-refractivity contribution in [2.24, 2.45) is 5.92 Å². The van der Waals surface area contributed by atoms with Gasteiger partial charge < -0.3 is 9.47 Å². The highest BCUT2D eigenvalue weighted by atomic mass is 35.5. The van der Waals surface area contributed by atoms with E-state index >= 15 is 0 Å². The van der Waals surface area contributed by atoms with Gasteiger partial charge in [-0.3, -0.25) is 0 Å². The second-order valence-electron chi connectivity index (χ2n) is 6.21. The first-order valence-electron chi connectivity index (χ1n) is 8.25. The molecule has 1 fully saturated rings. The first kappa shape index (κ1) is 20.9. The SMILES string of the molecule is O=S(=O)(N[C@H]1CCOC[C@@H]1COc1ccc(-n2cc(Cl)cn2)cc1)C(F)(F)F. The zero-order chi connectivity index (χ0) is 20.4. The molecule has 0 radical (unpaired) electrons. The summed E-state index contributed by atoms with van der Waals surface area (Å²) < 4.78 is 74.8. The third kappa shape index (κ3) is 4.96. The van der Waals surface area contributed by atoms with Crippen molar-refractivity contribution in [1.29, 1.82) is 0 Å². The fourth-order valence-electron chi connectivity index (χ4n) is 2.72. The highest BCUT2D eigenvalue weighted by molar-refractivity contribution is 7.90. The summed E-state index contributed by atoms with van der Waals surface area (Å²) >= 11 is 5.83. The zero-order valence-electron chi connectivity index (χ0n) is 14.4. The molecule has 1 aliphatic rings. The Morgan fingerprint density at radius 3 is 2.64 bits per heavy atom. The summed E-state index contributed by atoms with van der Waals surface area (Å²) in [6, 6.07) is 5.89. The van der Waals surface area contributed by atoms with Crippen LogP contribution in [0.15, 0.2) is 36.7 Å². The zero-order valence-corrected chi connectivity index (χ0v) is 16.0. The van der Waals surface area contributed by atoms with E-state index in [2.05, 4.69) is 5.10 Å². The molecule has 2 heterocycles. The van der Waals surface area contributed by atoms with Crippen LogP contribution in [0.3, 0.4) is 0 Å². The number of aromatic nitrogens is 2. The van der Waals surface area contributed by atoms with Crippen LogP contribution < -0.4 is 9.46 Å². The van der Waals surface area contributed by atoms with Crippen molar-refractivity contribution in [2.75, 3.05) is 19.8 Å². The summed E-state index contributed by atoms with van der Waals surface area (Å²) in [5.41, 5.74) is -4.61. The van der Waals surface area contributed by atoms with E-state index in [0.717, 1.165) is 5.69 Å². The van der Waals surface area contributed by atoms with E-state index in [1.807, 2.05) is 0 Å². The Kier molecular flexibility index (Phi) is 6.18. The van der Waals surface area contributed by atoms with Crippen molar-refractivity contribution >= 4 is 21.6 Å². The minimum Gasteiger partial charge on any atom is -0.493 e. The highest BCUT2D eigenvalue weighted by Gasteiger charge is 2.48. The predicted molar refractivity (Wildman–Crippen MR) is 94.9 cm³/mol. The summed E-state index contributed by atoms with van der Waals surface area (Å²) in [5, 5.41) is 4.56. The molecular formula is C16H17ClF3N3O4S. The minimum atomic E-state index is -5.43. The Morgan fingerprint density at radius 2 is 2.04 bits per heavy atom. The van der Waals surface area contributed by atoms with Gasteiger partial charge in [0.25, 0.3) is 0 Å². The maximum atomic E-state index is 12.6. The normalized spacial score (nSPS) is 20.9. The third-order valence-electron chi connectivity index (χ3n) is 4.20. The van der Waals surface area contributed by atoms with Crippen molar-refractivity contribution in [3.63, 3.8) is 0 Å². The van der Waals surface area contributed by atoms with Crippen molar-refractivity contribution in [2.45, 2.75) is 18.0 Å². The Morgan fingerprint density at radius 1 is 1.32 bits per heavy atom. The monoisotopic (exact) mass is 439 g/mol. The Hall–Kier alpha value is -1.82. The van der Waals surface area contributed by atoms with Crippen molar-refractivity contribution < 1.29 is 31.1 Å². The smallest absolute Gasteiger partial charge is 0.493 e. The van der Waals surface area contributed by atoms with E-state index in [1.165, 1.54) is 6.20 Å². The molecule has 1 N–H and O–H groups in total. The molecule has 1 aromatic carbocycles. The number of hydrogen-bond donors (Lipinski definition) is 1. The average Bonchev–Trinajstić information content (AvgIpc) is 3.07. The summed E-state index contributed by atoms with van der Waals surface area (Å²) in [4.78, 5) is 0. The molecule has 0 amide bonds. The van der Waals surface area contributed by atoms with Crippen molar-refractivity contribution in [3.05, 3.63) is 41.7 Å². The fraction of sp³-hybridized carbons (Fsp3) is 0.438. The van der Waals surface area contributed by atoms with Crippen LogP contribution in [0.25, 0.3) is 5.69 Å². The molecule has 12 heteroatoms. The summed E-state index contributed by atoms with van der Waals surface area (Å²) in [6.07, 6.45) is 3.26. The van der Waals surface area contributed by atoms with Crippen LogP contribution in [-0.4, -0.2) is 49.6 Å². The quantitative estimate of drug-likeness (QED) is 0.748. The maximum Gasteiger partial charge on any atom is 0.511 e. The van der Waals surface area contributed by atoms with Gasteiger partial charge in [-0.25, -0.2) is 17.8 Å². The van der Waals surface area contributed by atoms with Gasteiger partial charge in [-0.1, -0.05) is 11.6 Å². The van der Waals surface area contributed by atoms with Gasteiger partial charge in [-0.2, -0.15) is 18.3 Å². The molecule has 0 aliphatic carbocycles. The molecular weight excluding hydrogens is 423 g/mol. The first-order valence-corrected chi connectivity index (χ1v) is 10.1. The number of halogens is 4. The van der Waals surface area contributed by atoms with Gasteiger partial charge >= 0.3 is 15.5 Å². The topological polar surface area (TPSA) is 82.5 Å². The van der Waals surface area contributed by atoms with Crippen molar-refractivity contribution in [1.82, 2.24) is 14.5 Å². The maximum absolute atomic E-state index is 12.6. The summed E-state index contributed by atoms with van der Waals surface area (Å²) in [5.74, 6) is -0.0829. The summed E-state index contributed by atoms with van der Waals surface area (Å²) in [7, 11) is -5.43. The second-order valence-corrected chi connectivity index (χ2v) is 8.35. The molecule has 0 bridgehead atoms. The van der Waals surface area contributed by atoms with Crippen LogP contribution in [0.2, 0.25) is 5.02 Å². The lowest BCUT2D eigenvalue weighted by atomic mass is 9.98. The Balaban J connectivity index is 1.62. The number of benzene rings is 1. The lowest BCUT2D eigenvalue weighted by molar-refractivity contribution is -0.0467. The fourth-order valence-corrected chi connectivity index (χ4v) is 3.70. The first-order chi connectivity index (χ1) is 13.2. The molecule has 2 atom stereocenters. The van der Waals surface area contributed by atoms with Crippen LogP contribution in [0.4, 0.5) is 13.2 Å². The van der Waals surface area contributed by atoms with Gasteiger partial charge in [-0.05, 0) is 30.7 Å². The Bertz CT molecular complexity index is 903. The number of ether oxygens (including phenoxy) is 2. The molecule has 0 unspecified atom stereocenters. The number of alkyl halides is 3. The third-order valence-corrected chi connectivity index (χ3v) is 5.62. The summed E-state index contributed by atoms with van der Waals surface area (Å²) in [6.45, 7) is 0.259. The molecule has 2 aromatic rings. The van der Waals surface area contributed by atoms with E-state index in [0.29, 0.717) is 10.8 Å². The van der Waals surface area contributed by atoms with Gasteiger partial charge in [0, 0.05) is 24.8 Å². The van der Waals surface area contributed by atoms with Crippen LogP contribution in [-0.2, 0) is 14.8 Å². The Labute approximate surface area is 164 Å². The van der Waals surface area contributed by atoms with E-state index in [9.17, 15) is 21.6 Å². The molecule has 1 aromatic heterocycles. The average molecular weight is 440 g/mol. The molecule has 0 saturated carbocycles. The number of sulfonamides is 1. The van der Waals surface area contributed by atoms with Crippen molar-refractivity contribution in [3.8, 4) is 11.4 Å². The highest BCUT2D eigenvalue weighted by Crippen LogP contribution is 2.25. The standard InChI is InChI=1S/C16H17ClF3N3O4S/c17-12-7-21-23(8-12)13-1-3-14(4-2-13)27-10-11-9-26-6-5-15(11)22-28(24,25)16(18,19)20/h1-4,7-8,11,15,22H,5-6,9-10H2/t11-,15+/m1/s1. The largest absolute Gasteiger partial charge is 0.511 e. The minimum absolute atomic E-state index is 0.00200. The molecule has 7 nitrogen and oxygen atoms in total. The van der Waals surface area contributed by atoms with Gasteiger partial charge in [0.1, 0.15) is 5.75 Å². The van der Waals surface area contributed by atoms with E-state index < -0.39 is 27.5 Å². The van der Waals surface area contributed by atoms with Crippen LogP contribution in [0, 0.1) is 5.92 Å². The van der Waals surface area contributed by atoms with E-state index in [-0.39, 0.29) is 26.2 Å². The molecule has 1 aliphatic heterocycles. The van der Waals surface area contributed by atoms with Crippen LogP contribution >= 0.6 is 11.6 Å². The van der Waals surface area contributed by atoms with Gasteiger partial charge in [0.05, 0.1) is 30.1 Å². The molecule has 3 rings (SSSR count). The second kappa shape index (κ2) is 8.27. The number of rotatable bonds is 6. The molecule has 154 valence electrons. The van der Waals surface area contributed by atoms with Crippen LogP contribution in [0.5, 0.6) is 5.75 Å². The lowest BCUT2D eigenvalue weighted by Crippen LogP contribution is -2.50. The van der Waals surface area contributed by atoms with Gasteiger partial charge in [-0.15, -0.1) is 0 Å². The lowest BCUT2D eigenvalue weighted by Gasteiger charge is -2.32. The number of nitrogens with zero attached hydrogens (tertiary/aromatic N) is 2. The van der Waals surface area contributed by atoms with Crippen LogP contribution in [0.1, 0.15) is 6.42 Å². The molecule has 0 spiro atoms. The van der Waals surface area contributed by atoms with E-state index in [4.69, 9.17) is 21.1 Å².